The molecule has 0 aromatic heterocycles. The molecule has 37 heavy (non-hydrogen) atoms. The van der Waals surface area contributed by atoms with Crippen LogP contribution in [0, 0.1) is 0 Å². The number of hydrogen-bond donors (Lipinski definition) is 0. The van der Waals surface area contributed by atoms with Gasteiger partial charge in [0.1, 0.15) is 0 Å². The number of rotatable bonds is 1. The SMILES string of the molecule is Clc1ccc2c(c1)c1ccc(-c3cccc4ccccc34)cc1c1c3ccccc3c3ccccc3c21. The first-order chi connectivity index (χ1) is 18.3. The van der Waals surface area contributed by atoms with Gasteiger partial charge in [-0.1, -0.05) is 121 Å². The maximum atomic E-state index is 6.58. The summed E-state index contributed by atoms with van der Waals surface area (Å²) in [5, 5.41) is 16.0. The fraction of sp³-hybridized carbons (Fsp3) is 0. The molecule has 8 rings (SSSR count). The Labute approximate surface area is 219 Å². The van der Waals surface area contributed by atoms with Crippen molar-refractivity contribution in [3.63, 3.8) is 0 Å². The molecule has 0 bridgehead atoms. The van der Waals surface area contributed by atoms with Gasteiger partial charge in [0, 0.05) is 5.02 Å². The minimum atomic E-state index is 0.761. The van der Waals surface area contributed by atoms with Crippen LogP contribution in [0.5, 0.6) is 0 Å². The van der Waals surface area contributed by atoms with Gasteiger partial charge in [0.05, 0.1) is 0 Å². The highest BCUT2D eigenvalue weighted by atomic mass is 35.5. The van der Waals surface area contributed by atoms with Crippen molar-refractivity contribution in [2.45, 2.75) is 0 Å². The quantitative estimate of drug-likeness (QED) is 0.201. The zero-order valence-electron chi connectivity index (χ0n) is 20.0. The number of hydrogen-bond acceptors (Lipinski definition) is 0. The molecule has 0 atom stereocenters. The Bertz CT molecular complexity index is 2200. The predicted molar refractivity (Wildman–Crippen MR) is 162 cm³/mol. The van der Waals surface area contributed by atoms with E-state index in [0.717, 1.165) is 5.02 Å². The van der Waals surface area contributed by atoms with Crippen LogP contribution in [0.4, 0.5) is 0 Å². The highest BCUT2D eigenvalue weighted by molar-refractivity contribution is 6.40. The van der Waals surface area contributed by atoms with Crippen molar-refractivity contribution in [3.05, 3.63) is 132 Å². The lowest BCUT2D eigenvalue weighted by atomic mass is 9.86. The average molecular weight is 489 g/mol. The Kier molecular flexibility index (Phi) is 4.38. The van der Waals surface area contributed by atoms with Crippen LogP contribution >= 0.6 is 11.6 Å². The summed E-state index contributed by atoms with van der Waals surface area (Å²) in [6.45, 7) is 0. The lowest BCUT2D eigenvalue weighted by Crippen LogP contribution is -1.89. The Hall–Kier alpha value is -4.39. The maximum absolute atomic E-state index is 6.58. The topological polar surface area (TPSA) is 0 Å². The van der Waals surface area contributed by atoms with E-state index in [1.54, 1.807) is 0 Å². The Morgan fingerprint density at radius 2 is 0.892 bits per heavy atom. The zero-order chi connectivity index (χ0) is 24.5. The monoisotopic (exact) mass is 488 g/mol. The summed E-state index contributed by atoms with van der Waals surface area (Å²) in [7, 11) is 0. The van der Waals surface area contributed by atoms with Crippen LogP contribution in [0.2, 0.25) is 5.02 Å². The molecule has 1 heteroatoms. The number of benzene rings is 8. The van der Waals surface area contributed by atoms with Crippen molar-refractivity contribution >= 4 is 76.2 Å². The van der Waals surface area contributed by atoms with E-state index in [4.69, 9.17) is 11.6 Å². The van der Waals surface area contributed by atoms with Crippen molar-refractivity contribution in [2.75, 3.05) is 0 Å². The highest BCUT2D eigenvalue weighted by Gasteiger charge is 2.17. The summed E-state index contributed by atoms with van der Waals surface area (Å²) >= 11 is 6.58. The van der Waals surface area contributed by atoms with E-state index in [9.17, 15) is 0 Å². The molecular weight excluding hydrogens is 468 g/mol. The summed E-state index contributed by atoms with van der Waals surface area (Å²) < 4.78 is 0. The molecule has 0 N–H and O–H groups in total. The molecule has 172 valence electrons. The molecule has 0 saturated heterocycles. The van der Waals surface area contributed by atoms with Crippen LogP contribution in [0.3, 0.4) is 0 Å². The molecule has 0 amide bonds. The molecule has 0 heterocycles. The minimum absolute atomic E-state index is 0.761. The maximum Gasteiger partial charge on any atom is 0.0412 e. The van der Waals surface area contributed by atoms with Gasteiger partial charge in [-0.2, -0.15) is 0 Å². The first-order valence-electron chi connectivity index (χ1n) is 12.6. The first kappa shape index (κ1) is 20.8. The molecule has 0 radical (unpaired) electrons. The normalized spacial score (nSPS) is 11.9. The van der Waals surface area contributed by atoms with E-state index in [2.05, 4.69) is 121 Å². The van der Waals surface area contributed by atoms with Crippen molar-refractivity contribution in [2.24, 2.45) is 0 Å². The van der Waals surface area contributed by atoms with Crippen LogP contribution < -0.4 is 0 Å². The average Bonchev–Trinajstić information content (AvgIpc) is 2.96. The smallest absolute Gasteiger partial charge is 0.0412 e. The summed E-state index contributed by atoms with van der Waals surface area (Å²) in [5.41, 5.74) is 2.48. The molecular formula is C36H21Cl. The Balaban J connectivity index is 1.65. The second-order valence-electron chi connectivity index (χ2n) is 9.82. The summed E-state index contributed by atoms with van der Waals surface area (Å²) in [4.78, 5) is 0. The van der Waals surface area contributed by atoms with Gasteiger partial charge in [-0.05, 0) is 94.0 Å². The van der Waals surface area contributed by atoms with Gasteiger partial charge in [-0.25, -0.2) is 0 Å². The van der Waals surface area contributed by atoms with Gasteiger partial charge < -0.3 is 0 Å². The van der Waals surface area contributed by atoms with Crippen molar-refractivity contribution < 1.29 is 0 Å². The van der Waals surface area contributed by atoms with Crippen molar-refractivity contribution in [3.8, 4) is 11.1 Å². The van der Waals surface area contributed by atoms with E-state index in [-0.39, 0.29) is 0 Å². The van der Waals surface area contributed by atoms with Gasteiger partial charge in [-0.15, -0.1) is 0 Å². The van der Waals surface area contributed by atoms with Gasteiger partial charge in [0.15, 0.2) is 0 Å². The van der Waals surface area contributed by atoms with Crippen LogP contribution in [0.1, 0.15) is 0 Å². The summed E-state index contributed by atoms with van der Waals surface area (Å²) in [5.74, 6) is 0. The van der Waals surface area contributed by atoms with E-state index >= 15 is 0 Å². The predicted octanol–water partition coefficient (Wildman–Crippen LogP) is 10.9. The fourth-order valence-electron chi connectivity index (χ4n) is 6.29. The summed E-state index contributed by atoms with van der Waals surface area (Å²) in [6.07, 6.45) is 0. The zero-order valence-corrected chi connectivity index (χ0v) is 20.8. The number of halogens is 1. The Morgan fingerprint density at radius 3 is 1.65 bits per heavy atom. The van der Waals surface area contributed by atoms with E-state index < -0.39 is 0 Å². The van der Waals surface area contributed by atoms with Gasteiger partial charge in [-0.3, -0.25) is 0 Å². The number of fused-ring (bicyclic) bond motifs is 12. The third kappa shape index (κ3) is 2.97. The van der Waals surface area contributed by atoms with E-state index in [1.165, 1.54) is 75.8 Å². The van der Waals surface area contributed by atoms with Crippen LogP contribution in [0.15, 0.2) is 127 Å². The van der Waals surface area contributed by atoms with Gasteiger partial charge in [0.2, 0.25) is 0 Å². The second kappa shape index (κ2) is 7.80. The van der Waals surface area contributed by atoms with Crippen molar-refractivity contribution in [1.82, 2.24) is 0 Å². The molecule has 0 aliphatic rings. The minimum Gasteiger partial charge on any atom is -0.0843 e. The van der Waals surface area contributed by atoms with Gasteiger partial charge >= 0.3 is 0 Å². The molecule has 0 nitrogen and oxygen atoms in total. The highest BCUT2D eigenvalue weighted by Crippen LogP contribution is 2.45. The largest absolute Gasteiger partial charge is 0.0843 e. The molecule has 0 fully saturated rings. The van der Waals surface area contributed by atoms with Crippen LogP contribution in [-0.2, 0) is 0 Å². The van der Waals surface area contributed by atoms with Crippen LogP contribution in [-0.4, -0.2) is 0 Å². The van der Waals surface area contributed by atoms with E-state index in [0.29, 0.717) is 0 Å². The lowest BCUT2D eigenvalue weighted by molar-refractivity contribution is 1.69. The van der Waals surface area contributed by atoms with E-state index in [1.807, 2.05) is 6.07 Å². The first-order valence-corrected chi connectivity index (χ1v) is 13.0. The molecule has 0 unspecified atom stereocenters. The molecule has 8 aromatic rings. The third-order valence-corrected chi connectivity index (χ3v) is 8.10. The molecule has 8 aromatic carbocycles. The standard InChI is InChI=1S/C36H21Cl/c37-24-17-19-32-33(21-24)29-18-16-23(26-15-7-9-22-8-1-2-10-25(22)26)20-34(29)36-31-14-6-4-12-28(31)27-11-3-5-13-30(27)35(32)36/h1-21H. The molecule has 0 saturated carbocycles. The lowest BCUT2D eigenvalue weighted by Gasteiger charge is -2.17. The van der Waals surface area contributed by atoms with Gasteiger partial charge in [0.25, 0.3) is 0 Å². The second-order valence-corrected chi connectivity index (χ2v) is 10.3. The molecule has 0 spiro atoms. The summed E-state index contributed by atoms with van der Waals surface area (Å²) in [6, 6.07) is 46.1. The fourth-order valence-corrected chi connectivity index (χ4v) is 6.46. The molecule has 0 aliphatic heterocycles. The van der Waals surface area contributed by atoms with Crippen LogP contribution in [0.25, 0.3) is 75.8 Å². The van der Waals surface area contributed by atoms with Crippen molar-refractivity contribution in [1.29, 1.82) is 0 Å². The molecule has 0 aliphatic carbocycles. The Morgan fingerprint density at radius 1 is 0.351 bits per heavy atom. The third-order valence-electron chi connectivity index (χ3n) is 7.86.